The van der Waals surface area contributed by atoms with E-state index in [2.05, 4.69) is 58.6 Å². The predicted octanol–water partition coefficient (Wildman–Crippen LogP) is 2.97. The molecule has 2 aromatic heterocycles. The number of anilines is 1. The fraction of sp³-hybridized carbons (Fsp3) is 0.500. The Hall–Kier alpha value is -1.10. The monoisotopic (exact) mass is 296 g/mol. The van der Waals surface area contributed by atoms with Crippen LogP contribution < -0.4 is 4.90 Å². The average Bonchev–Trinajstić information content (AvgIpc) is 2.73. The first-order valence-corrected chi connectivity index (χ1v) is 6.52. The molecule has 5 heteroatoms. The molecule has 0 aliphatic carbocycles. The molecule has 4 nitrogen and oxygen atoms in total. The van der Waals surface area contributed by atoms with Crippen LogP contribution in [0.1, 0.15) is 20.8 Å². The Balaban J connectivity index is 2.50. The van der Waals surface area contributed by atoms with Crippen molar-refractivity contribution in [1.29, 1.82) is 0 Å². The highest BCUT2D eigenvalue weighted by Gasteiger charge is 2.18. The van der Waals surface area contributed by atoms with E-state index < -0.39 is 0 Å². The fourth-order valence-electron chi connectivity index (χ4n) is 1.76. The van der Waals surface area contributed by atoms with Crippen LogP contribution in [0.2, 0.25) is 0 Å². The first kappa shape index (κ1) is 12.4. The van der Waals surface area contributed by atoms with E-state index in [1.165, 1.54) is 0 Å². The van der Waals surface area contributed by atoms with Gasteiger partial charge in [0.05, 0.1) is 0 Å². The van der Waals surface area contributed by atoms with Crippen molar-refractivity contribution in [3.8, 4) is 0 Å². The van der Waals surface area contributed by atoms with Crippen molar-refractivity contribution in [3.63, 3.8) is 0 Å². The number of rotatable bonds is 3. The van der Waals surface area contributed by atoms with Crippen LogP contribution in [0.25, 0.3) is 5.65 Å². The highest BCUT2D eigenvalue weighted by Crippen LogP contribution is 2.23. The third kappa shape index (κ3) is 2.29. The van der Waals surface area contributed by atoms with Crippen LogP contribution in [0, 0.1) is 5.92 Å². The third-order valence-electron chi connectivity index (χ3n) is 3.24. The van der Waals surface area contributed by atoms with Gasteiger partial charge in [-0.15, -0.1) is 0 Å². The van der Waals surface area contributed by atoms with Crippen molar-refractivity contribution in [2.24, 2.45) is 5.92 Å². The van der Waals surface area contributed by atoms with Crippen LogP contribution in [0.4, 0.5) is 5.82 Å². The molecule has 0 amide bonds. The lowest BCUT2D eigenvalue weighted by Crippen LogP contribution is -2.34. The molecule has 0 spiro atoms. The molecule has 0 saturated heterocycles. The first-order valence-electron chi connectivity index (χ1n) is 5.72. The fourth-order valence-corrected chi connectivity index (χ4v) is 2.15. The number of imidazole rings is 1. The Morgan fingerprint density at radius 2 is 2.06 bits per heavy atom. The Bertz CT molecular complexity index is 520. The summed E-state index contributed by atoms with van der Waals surface area (Å²) in [6.45, 7) is 6.62. The zero-order chi connectivity index (χ0) is 12.6. The smallest absolute Gasteiger partial charge is 0.180 e. The maximum Gasteiger partial charge on any atom is 0.180 e. The molecule has 0 saturated carbocycles. The van der Waals surface area contributed by atoms with Crippen LogP contribution in [-0.4, -0.2) is 27.5 Å². The minimum Gasteiger partial charge on any atom is -0.354 e. The van der Waals surface area contributed by atoms with Gasteiger partial charge >= 0.3 is 0 Å². The van der Waals surface area contributed by atoms with Crippen molar-refractivity contribution < 1.29 is 0 Å². The molecule has 0 N–H and O–H groups in total. The van der Waals surface area contributed by atoms with Gasteiger partial charge in [0.2, 0.25) is 0 Å². The van der Waals surface area contributed by atoms with Gasteiger partial charge in [0.15, 0.2) is 11.5 Å². The number of fused-ring (bicyclic) bond motifs is 1. The molecule has 2 heterocycles. The molecule has 92 valence electrons. The molecule has 0 aromatic carbocycles. The van der Waals surface area contributed by atoms with Gasteiger partial charge in [-0.3, -0.25) is 0 Å². The van der Waals surface area contributed by atoms with Gasteiger partial charge in [-0.25, -0.2) is 9.97 Å². The van der Waals surface area contributed by atoms with Crippen molar-refractivity contribution in [2.75, 3.05) is 11.9 Å². The van der Waals surface area contributed by atoms with E-state index >= 15 is 0 Å². The molecule has 17 heavy (non-hydrogen) atoms. The molecular formula is C12H17BrN4. The SMILES string of the molecule is CC(C)C(C)N(C)c1nc(Br)cn2ccnc12. The molecule has 0 bridgehead atoms. The summed E-state index contributed by atoms with van der Waals surface area (Å²) >= 11 is 3.44. The van der Waals surface area contributed by atoms with E-state index in [4.69, 9.17) is 0 Å². The molecule has 1 unspecified atom stereocenters. The predicted molar refractivity (Wildman–Crippen MR) is 73.4 cm³/mol. The van der Waals surface area contributed by atoms with E-state index in [-0.39, 0.29) is 0 Å². The van der Waals surface area contributed by atoms with Crippen LogP contribution in [-0.2, 0) is 0 Å². The third-order valence-corrected chi connectivity index (χ3v) is 3.62. The summed E-state index contributed by atoms with van der Waals surface area (Å²) in [6, 6.07) is 0.414. The topological polar surface area (TPSA) is 33.4 Å². The van der Waals surface area contributed by atoms with E-state index in [0.717, 1.165) is 16.1 Å². The van der Waals surface area contributed by atoms with Crippen molar-refractivity contribution >= 4 is 27.4 Å². The second kappa shape index (κ2) is 4.64. The summed E-state index contributed by atoms with van der Waals surface area (Å²) in [4.78, 5) is 11.1. The lowest BCUT2D eigenvalue weighted by atomic mass is 10.1. The summed E-state index contributed by atoms with van der Waals surface area (Å²) in [7, 11) is 2.06. The van der Waals surface area contributed by atoms with E-state index in [1.54, 1.807) is 6.20 Å². The van der Waals surface area contributed by atoms with Crippen LogP contribution >= 0.6 is 15.9 Å². The quantitative estimate of drug-likeness (QED) is 0.873. The molecule has 2 aromatic rings. The Kier molecular flexibility index (Phi) is 3.38. The highest BCUT2D eigenvalue weighted by atomic mass is 79.9. The minimum atomic E-state index is 0.414. The number of halogens is 1. The van der Waals surface area contributed by atoms with Gasteiger partial charge in [-0.1, -0.05) is 13.8 Å². The van der Waals surface area contributed by atoms with E-state index in [0.29, 0.717) is 12.0 Å². The summed E-state index contributed by atoms with van der Waals surface area (Å²) in [5.74, 6) is 1.47. The Morgan fingerprint density at radius 3 is 2.71 bits per heavy atom. The molecular weight excluding hydrogens is 280 g/mol. The number of hydrogen-bond donors (Lipinski definition) is 0. The molecule has 1 atom stereocenters. The molecule has 0 radical (unpaired) electrons. The lowest BCUT2D eigenvalue weighted by Gasteiger charge is -2.29. The summed E-state index contributed by atoms with van der Waals surface area (Å²) in [6.07, 6.45) is 5.64. The van der Waals surface area contributed by atoms with Crippen LogP contribution in [0.15, 0.2) is 23.2 Å². The Labute approximate surface area is 110 Å². The van der Waals surface area contributed by atoms with E-state index in [9.17, 15) is 0 Å². The second-order valence-electron chi connectivity index (χ2n) is 4.64. The standard InChI is InChI=1S/C12H17BrN4/c1-8(2)9(3)16(4)12-11-14-5-6-17(11)7-10(13)15-12/h5-9H,1-4H3. The normalized spacial score (nSPS) is 13.3. The van der Waals surface area contributed by atoms with Gasteiger partial charge in [0, 0.05) is 31.7 Å². The zero-order valence-electron chi connectivity index (χ0n) is 10.6. The highest BCUT2D eigenvalue weighted by molar-refractivity contribution is 9.10. The second-order valence-corrected chi connectivity index (χ2v) is 5.45. The summed E-state index contributed by atoms with van der Waals surface area (Å²) < 4.78 is 2.80. The molecule has 0 aliphatic rings. The zero-order valence-corrected chi connectivity index (χ0v) is 12.1. The van der Waals surface area contributed by atoms with Gasteiger partial charge in [0.1, 0.15) is 4.60 Å². The molecule has 0 aliphatic heterocycles. The number of aromatic nitrogens is 3. The van der Waals surface area contributed by atoms with Gasteiger partial charge in [-0.2, -0.15) is 0 Å². The van der Waals surface area contributed by atoms with Crippen molar-refractivity contribution in [1.82, 2.24) is 14.4 Å². The maximum atomic E-state index is 4.54. The largest absolute Gasteiger partial charge is 0.354 e. The van der Waals surface area contributed by atoms with Gasteiger partial charge in [-0.05, 0) is 28.8 Å². The Morgan fingerprint density at radius 1 is 1.35 bits per heavy atom. The first-order chi connectivity index (χ1) is 8.00. The lowest BCUT2D eigenvalue weighted by molar-refractivity contribution is 0.503. The molecule has 0 fully saturated rings. The van der Waals surface area contributed by atoms with Crippen molar-refractivity contribution in [2.45, 2.75) is 26.8 Å². The summed E-state index contributed by atoms with van der Waals surface area (Å²) in [5, 5.41) is 0. The minimum absolute atomic E-state index is 0.414. The number of hydrogen-bond acceptors (Lipinski definition) is 3. The molecule has 2 rings (SSSR count). The van der Waals surface area contributed by atoms with Gasteiger partial charge < -0.3 is 9.30 Å². The average molecular weight is 297 g/mol. The van der Waals surface area contributed by atoms with Crippen LogP contribution in [0.5, 0.6) is 0 Å². The maximum absolute atomic E-state index is 4.54. The van der Waals surface area contributed by atoms with E-state index in [1.807, 2.05) is 16.8 Å². The van der Waals surface area contributed by atoms with Crippen molar-refractivity contribution in [3.05, 3.63) is 23.2 Å². The van der Waals surface area contributed by atoms with Crippen LogP contribution in [0.3, 0.4) is 0 Å². The van der Waals surface area contributed by atoms with Gasteiger partial charge in [0.25, 0.3) is 0 Å². The number of nitrogens with zero attached hydrogens (tertiary/aromatic N) is 4. The summed E-state index contributed by atoms with van der Waals surface area (Å²) in [5.41, 5.74) is 0.892.